The van der Waals surface area contributed by atoms with E-state index in [2.05, 4.69) is 34.6 Å². The molecule has 0 bridgehead atoms. The number of ether oxygens (including phenoxy) is 4. The molecule has 19 heteroatoms. The molecule has 0 aromatic carbocycles. The van der Waals surface area contributed by atoms with Crippen LogP contribution in [0.15, 0.2) is 0 Å². The van der Waals surface area contributed by atoms with Gasteiger partial charge in [0.25, 0.3) is 0 Å². The zero-order chi connectivity index (χ0) is 59.9. The van der Waals surface area contributed by atoms with Gasteiger partial charge >= 0.3 is 39.5 Å². The lowest BCUT2D eigenvalue weighted by atomic mass is 10.0. The second-order valence-corrected chi connectivity index (χ2v) is 25.8. The molecule has 0 amide bonds. The van der Waals surface area contributed by atoms with E-state index in [0.717, 1.165) is 102 Å². The maximum absolute atomic E-state index is 12.9. The van der Waals surface area contributed by atoms with E-state index >= 15 is 0 Å². The van der Waals surface area contributed by atoms with Gasteiger partial charge in [-0.2, -0.15) is 0 Å². The van der Waals surface area contributed by atoms with Crippen molar-refractivity contribution in [1.82, 2.24) is 0 Å². The summed E-state index contributed by atoms with van der Waals surface area (Å²) in [5.74, 6) is -1.42. The van der Waals surface area contributed by atoms with E-state index in [1.165, 1.54) is 128 Å². The number of unbranched alkanes of at least 4 members (excludes halogenated alkanes) is 34. The molecule has 0 saturated carbocycles. The Balaban J connectivity index is 5.17. The van der Waals surface area contributed by atoms with Gasteiger partial charge in [0.05, 0.1) is 26.4 Å². The van der Waals surface area contributed by atoms with Gasteiger partial charge in [0, 0.05) is 25.7 Å². The minimum atomic E-state index is -4.94. The molecule has 0 aromatic heterocycles. The van der Waals surface area contributed by atoms with Crippen molar-refractivity contribution >= 4 is 39.5 Å². The van der Waals surface area contributed by atoms with Gasteiger partial charge in [0.2, 0.25) is 0 Å². The predicted octanol–water partition coefficient (Wildman–Crippen LogP) is 17.0. The lowest BCUT2D eigenvalue weighted by molar-refractivity contribution is -0.161. The summed E-state index contributed by atoms with van der Waals surface area (Å²) < 4.78 is 67.7. The van der Waals surface area contributed by atoms with E-state index in [1.54, 1.807) is 0 Å². The van der Waals surface area contributed by atoms with Crippen molar-refractivity contribution in [2.75, 3.05) is 39.6 Å². The summed E-state index contributed by atoms with van der Waals surface area (Å²) in [6, 6.07) is 0. The van der Waals surface area contributed by atoms with Crippen molar-refractivity contribution in [1.29, 1.82) is 0 Å². The van der Waals surface area contributed by atoms with Crippen molar-refractivity contribution < 1.29 is 80.2 Å². The van der Waals surface area contributed by atoms with Gasteiger partial charge in [0.1, 0.15) is 19.3 Å². The summed E-state index contributed by atoms with van der Waals surface area (Å²) in [5.41, 5.74) is 0. The van der Waals surface area contributed by atoms with E-state index < -0.39 is 97.5 Å². The van der Waals surface area contributed by atoms with Gasteiger partial charge in [-0.05, 0) is 31.6 Å². The standard InChI is InChI=1S/C62H120O17P2/c1-6-9-12-15-17-19-21-22-23-24-25-27-33-38-43-48-62(67)79-58(52-73-60(65)46-41-36-31-29-28-30-35-39-44-55(4)5)54-77-81(70,71)75-50-56(63)49-74-80(68,69)76-53-57(51-72-59(64)45-40-34-14-11-8-3)78-61(66)47-42-37-32-26-20-18-16-13-10-7-2/h55-58,63H,6-54H2,1-5H3,(H,68,69)(H,70,71)/t56-,57+,58+/m0/s1. The summed E-state index contributed by atoms with van der Waals surface area (Å²) >= 11 is 0. The van der Waals surface area contributed by atoms with Crippen LogP contribution in [0.4, 0.5) is 0 Å². The Hall–Kier alpha value is -1.94. The van der Waals surface area contributed by atoms with Crippen LogP contribution in [0, 0.1) is 5.92 Å². The van der Waals surface area contributed by atoms with Crippen LogP contribution in [-0.2, 0) is 65.4 Å². The highest BCUT2D eigenvalue weighted by Gasteiger charge is 2.30. The summed E-state index contributed by atoms with van der Waals surface area (Å²) in [4.78, 5) is 71.9. The van der Waals surface area contributed by atoms with E-state index in [1.807, 2.05) is 0 Å². The maximum Gasteiger partial charge on any atom is 0.472 e. The molecular weight excluding hydrogens is 1080 g/mol. The molecule has 2 unspecified atom stereocenters. The summed E-state index contributed by atoms with van der Waals surface area (Å²) in [6.45, 7) is 7.05. The van der Waals surface area contributed by atoms with Crippen molar-refractivity contribution in [2.45, 2.75) is 329 Å². The molecule has 0 aromatic rings. The van der Waals surface area contributed by atoms with Gasteiger partial charge < -0.3 is 33.8 Å². The van der Waals surface area contributed by atoms with Crippen LogP contribution in [0.2, 0.25) is 0 Å². The van der Waals surface area contributed by atoms with Crippen molar-refractivity contribution in [3.8, 4) is 0 Å². The SMILES string of the molecule is CCCCCCCCCCCCCCCCCC(=O)O[C@H](COC(=O)CCCCCCCCCCC(C)C)COP(=O)(O)OC[C@@H](O)COP(=O)(O)OC[C@@H](COC(=O)CCCCCCC)OC(=O)CCCCCCCCCCCC. The zero-order valence-electron chi connectivity index (χ0n) is 51.9. The van der Waals surface area contributed by atoms with Gasteiger partial charge in [-0.3, -0.25) is 37.3 Å². The first-order chi connectivity index (χ1) is 39.0. The van der Waals surface area contributed by atoms with E-state index in [9.17, 15) is 43.2 Å². The predicted molar refractivity (Wildman–Crippen MR) is 322 cm³/mol. The number of carbonyl (C=O) groups is 4. The van der Waals surface area contributed by atoms with Crippen molar-refractivity contribution in [3.63, 3.8) is 0 Å². The average Bonchev–Trinajstić information content (AvgIpc) is 3.43. The first-order valence-electron chi connectivity index (χ1n) is 32.6. The van der Waals surface area contributed by atoms with E-state index in [0.29, 0.717) is 25.7 Å². The maximum atomic E-state index is 12.9. The van der Waals surface area contributed by atoms with Gasteiger partial charge in [0.15, 0.2) is 12.2 Å². The quantitative estimate of drug-likeness (QED) is 0.0222. The highest BCUT2D eigenvalue weighted by atomic mass is 31.2. The Morgan fingerprint density at radius 2 is 0.568 bits per heavy atom. The van der Waals surface area contributed by atoms with Crippen LogP contribution in [-0.4, -0.2) is 96.7 Å². The molecule has 0 rings (SSSR count). The minimum Gasteiger partial charge on any atom is -0.462 e. The summed E-state index contributed by atoms with van der Waals surface area (Å²) in [5, 5.41) is 10.5. The fourth-order valence-electron chi connectivity index (χ4n) is 9.23. The Labute approximate surface area is 492 Å². The molecule has 3 N–H and O–H groups in total. The van der Waals surface area contributed by atoms with Gasteiger partial charge in [-0.25, -0.2) is 9.13 Å². The van der Waals surface area contributed by atoms with Crippen LogP contribution in [0.25, 0.3) is 0 Å². The topological polar surface area (TPSA) is 237 Å². The van der Waals surface area contributed by atoms with Crippen LogP contribution >= 0.6 is 15.6 Å². The fourth-order valence-corrected chi connectivity index (χ4v) is 10.8. The highest BCUT2D eigenvalue weighted by Crippen LogP contribution is 2.45. The number of carbonyl (C=O) groups excluding carboxylic acids is 4. The summed E-state index contributed by atoms with van der Waals surface area (Å²) in [6.07, 6.45) is 39.3. The summed E-state index contributed by atoms with van der Waals surface area (Å²) in [7, 11) is -9.87. The van der Waals surface area contributed by atoms with Crippen LogP contribution in [0.1, 0.15) is 311 Å². The molecule has 81 heavy (non-hydrogen) atoms. The number of rotatable bonds is 62. The second-order valence-electron chi connectivity index (χ2n) is 22.9. The van der Waals surface area contributed by atoms with Crippen molar-refractivity contribution in [2.24, 2.45) is 5.92 Å². The monoisotopic (exact) mass is 1200 g/mol. The molecule has 5 atom stereocenters. The number of aliphatic hydroxyl groups is 1. The first-order valence-corrected chi connectivity index (χ1v) is 35.6. The van der Waals surface area contributed by atoms with Crippen molar-refractivity contribution in [3.05, 3.63) is 0 Å². The molecule has 0 heterocycles. The fraction of sp³-hybridized carbons (Fsp3) is 0.935. The Morgan fingerprint density at radius 1 is 0.333 bits per heavy atom. The van der Waals surface area contributed by atoms with E-state index in [-0.39, 0.29) is 25.7 Å². The van der Waals surface area contributed by atoms with Crippen LogP contribution < -0.4 is 0 Å². The third kappa shape index (κ3) is 56.9. The number of phosphoric ester groups is 2. The van der Waals surface area contributed by atoms with E-state index in [4.69, 9.17) is 37.0 Å². The molecule has 0 spiro atoms. The first kappa shape index (κ1) is 79.1. The number of aliphatic hydroxyl groups excluding tert-OH is 1. The number of hydrogen-bond donors (Lipinski definition) is 3. The lowest BCUT2D eigenvalue weighted by Crippen LogP contribution is -2.30. The minimum absolute atomic E-state index is 0.105. The smallest absolute Gasteiger partial charge is 0.462 e. The highest BCUT2D eigenvalue weighted by molar-refractivity contribution is 7.47. The Bertz CT molecular complexity index is 1580. The normalized spacial score (nSPS) is 14.3. The Morgan fingerprint density at radius 3 is 0.840 bits per heavy atom. The number of phosphoric acid groups is 2. The molecule has 480 valence electrons. The molecule has 17 nitrogen and oxygen atoms in total. The molecule has 0 saturated heterocycles. The van der Waals surface area contributed by atoms with Crippen LogP contribution in [0.3, 0.4) is 0 Å². The third-order valence-electron chi connectivity index (χ3n) is 14.3. The van der Waals surface area contributed by atoms with Gasteiger partial charge in [-0.1, -0.05) is 259 Å². The molecule has 0 aliphatic rings. The molecule has 0 radical (unpaired) electrons. The number of esters is 4. The second kappa shape index (κ2) is 55.9. The Kier molecular flexibility index (Phi) is 54.6. The van der Waals surface area contributed by atoms with Crippen LogP contribution in [0.5, 0.6) is 0 Å². The lowest BCUT2D eigenvalue weighted by Gasteiger charge is -2.21. The molecular formula is C62H120O17P2. The zero-order valence-corrected chi connectivity index (χ0v) is 53.7. The van der Waals surface area contributed by atoms with Gasteiger partial charge in [-0.15, -0.1) is 0 Å². The molecule has 0 aliphatic heterocycles. The molecule has 0 fully saturated rings. The number of hydrogen-bond acceptors (Lipinski definition) is 15. The average molecular weight is 1200 g/mol. The molecule has 0 aliphatic carbocycles. The largest absolute Gasteiger partial charge is 0.472 e. The third-order valence-corrected chi connectivity index (χ3v) is 16.2.